The van der Waals surface area contributed by atoms with Gasteiger partial charge >= 0.3 is 6.03 Å². The zero-order chi connectivity index (χ0) is 17.3. The van der Waals surface area contributed by atoms with Crippen molar-refractivity contribution in [2.45, 2.75) is 31.5 Å². The van der Waals surface area contributed by atoms with Gasteiger partial charge in [0.2, 0.25) is 5.89 Å². The number of carbonyl (C=O) groups excluding carboxylic acids is 2. The highest BCUT2D eigenvalue weighted by atomic mass is 32.2. The predicted molar refractivity (Wildman–Crippen MR) is 89.5 cm³/mol. The molecule has 0 aliphatic carbocycles. The normalized spacial score (nSPS) is 16.5. The van der Waals surface area contributed by atoms with Crippen molar-refractivity contribution in [3.05, 3.63) is 29.8 Å². The highest BCUT2D eigenvalue weighted by Gasteiger charge is 2.43. The van der Waals surface area contributed by atoms with Crippen molar-refractivity contribution in [2.75, 3.05) is 12.3 Å². The van der Waals surface area contributed by atoms with Crippen molar-refractivity contribution in [1.82, 2.24) is 20.4 Å². The lowest BCUT2D eigenvalue weighted by Gasteiger charge is -2.15. The maximum Gasteiger partial charge on any atom is 0.325 e. The maximum atomic E-state index is 12.1. The summed E-state index contributed by atoms with van der Waals surface area (Å²) < 4.78 is 5.65. The SMILES string of the molecule is Cc1ccccc1-c1nnc(SCCN2C(=O)NC(C)(C)C2=O)o1. The van der Waals surface area contributed by atoms with Gasteiger partial charge in [0.05, 0.1) is 0 Å². The van der Waals surface area contributed by atoms with Crippen LogP contribution in [0.3, 0.4) is 0 Å². The Labute approximate surface area is 143 Å². The third kappa shape index (κ3) is 3.14. The van der Waals surface area contributed by atoms with E-state index in [0.29, 0.717) is 23.4 Å². The average molecular weight is 346 g/mol. The average Bonchev–Trinajstić information content (AvgIpc) is 3.06. The maximum absolute atomic E-state index is 12.1. The van der Waals surface area contributed by atoms with Gasteiger partial charge in [0.15, 0.2) is 0 Å². The van der Waals surface area contributed by atoms with E-state index in [1.54, 1.807) is 13.8 Å². The summed E-state index contributed by atoms with van der Waals surface area (Å²) >= 11 is 1.32. The zero-order valence-electron chi connectivity index (χ0n) is 13.7. The lowest BCUT2D eigenvalue weighted by molar-refractivity contribution is -0.130. The van der Waals surface area contributed by atoms with Crippen molar-refractivity contribution < 1.29 is 14.0 Å². The topological polar surface area (TPSA) is 88.3 Å². The zero-order valence-corrected chi connectivity index (χ0v) is 14.5. The van der Waals surface area contributed by atoms with E-state index in [4.69, 9.17) is 4.42 Å². The molecule has 126 valence electrons. The summed E-state index contributed by atoms with van der Waals surface area (Å²) in [5.41, 5.74) is 1.11. The molecule has 7 nitrogen and oxygen atoms in total. The van der Waals surface area contributed by atoms with Crippen molar-refractivity contribution >= 4 is 23.7 Å². The van der Waals surface area contributed by atoms with Gasteiger partial charge in [-0.1, -0.05) is 30.0 Å². The second-order valence-corrected chi connectivity index (χ2v) is 7.09. The molecular formula is C16H18N4O3S. The van der Waals surface area contributed by atoms with E-state index in [1.807, 2.05) is 31.2 Å². The third-order valence-corrected chi connectivity index (χ3v) is 4.57. The number of aromatic nitrogens is 2. The summed E-state index contributed by atoms with van der Waals surface area (Å²) in [7, 11) is 0. The standard InChI is InChI=1S/C16H18N4O3S/c1-10-6-4-5-7-11(10)12-18-19-15(23-12)24-9-8-20-13(21)16(2,3)17-14(20)22/h4-7H,8-9H2,1-3H3,(H,17,22). The van der Waals surface area contributed by atoms with Gasteiger partial charge in [0, 0.05) is 17.9 Å². The molecule has 8 heteroatoms. The van der Waals surface area contributed by atoms with E-state index in [-0.39, 0.29) is 11.9 Å². The quantitative estimate of drug-likeness (QED) is 0.661. The largest absolute Gasteiger partial charge is 0.411 e. The van der Waals surface area contributed by atoms with Crippen LogP contribution in [0.4, 0.5) is 4.79 Å². The Morgan fingerprint density at radius 2 is 2.00 bits per heavy atom. The number of carbonyl (C=O) groups is 2. The van der Waals surface area contributed by atoms with Crippen LogP contribution in [0.25, 0.3) is 11.5 Å². The number of benzene rings is 1. The first-order chi connectivity index (χ1) is 11.4. The van der Waals surface area contributed by atoms with Crippen LogP contribution in [-0.2, 0) is 4.79 Å². The molecule has 1 aromatic carbocycles. The summed E-state index contributed by atoms with van der Waals surface area (Å²) in [5.74, 6) is 0.732. The Hall–Kier alpha value is -2.35. The van der Waals surface area contributed by atoms with Gasteiger partial charge in [0.25, 0.3) is 11.1 Å². The monoisotopic (exact) mass is 346 g/mol. The van der Waals surface area contributed by atoms with Crippen LogP contribution in [0.5, 0.6) is 0 Å². The number of hydrogen-bond donors (Lipinski definition) is 1. The molecule has 0 spiro atoms. The third-order valence-electron chi connectivity index (χ3n) is 3.77. The molecule has 0 saturated carbocycles. The van der Waals surface area contributed by atoms with Crippen LogP contribution in [0.1, 0.15) is 19.4 Å². The molecule has 3 amide bonds. The molecule has 1 aromatic heterocycles. The Morgan fingerprint density at radius 1 is 1.25 bits per heavy atom. The Morgan fingerprint density at radius 3 is 2.67 bits per heavy atom. The van der Waals surface area contributed by atoms with Crippen LogP contribution >= 0.6 is 11.8 Å². The van der Waals surface area contributed by atoms with Crippen LogP contribution in [0.15, 0.2) is 33.9 Å². The molecule has 0 radical (unpaired) electrons. The van der Waals surface area contributed by atoms with Crippen molar-refractivity contribution in [3.8, 4) is 11.5 Å². The number of hydrogen-bond acceptors (Lipinski definition) is 6. The molecule has 2 aromatic rings. The number of nitrogens with zero attached hydrogens (tertiary/aromatic N) is 3. The minimum Gasteiger partial charge on any atom is -0.411 e. The lowest BCUT2D eigenvalue weighted by Crippen LogP contribution is -2.40. The summed E-state index contributed by atoms with van der Waals surface area (Å²) in [6.45, 7) is 5.65. The molecule has 1 aliphatic heterocycles. The molecule has 0 bridgehead atoms. The molecular weight excluding hydrogens is 328 g/mol. The van der Waals surface area contributed by atoms with Gasteiger partial charge in [-0.05, 0) is 32.4 Å². The molecule has 1 saturated heterocycles. The van der Waals surface area contributed by atoms with E-state index < -0.39 is 5.54 Å². The summed E-state index contributed by atoms with van der Waals surface area (Å²) in [4.78, 5) is 25.1. The fraction of sp³-hybridized carbons (Fsp3) is 0.375. The fourth-order valence-electron chi connectivity index (χ4n) is 2.44. The summed E-state index contributed by atoms with van der Waals surface area (Å²) in [6, 6.07) is 7.40. The van der Waals surface area contributed by atoms with Crippen molar-refractivity contribution in [1.29, 1.82) is 0 Å². The number of rotatable bonds is 5. The van der Waals surface area contributed by atoms with Gasteiger partial charge in [-0.3, -0.25) is 9.69 Å². The van der Waals surface area contributed by atoms with E-state index >= 15 is 0 Å². The van der Waals surface area contributed by atoms with Crippen LogP contribution in [0.2, 0.25) is 0 Å². The molecule has 2 heterocycles. The fourth-order valence-corrected chi connectivity index (χ4v) is 3.12. The van der Waals surface area contributed by atoms with E-state index in [9.17, 15) is 9.59 Å². The number of urea groups is 1. The van der Waals surface area contributed by atoms with E-state index in [1.165, 1.54) is 16.7 Å². The number of amides is 3. The van der Waals surface area contributed by atoms with Crippen molar-refractivity contribution in [2.24, 2.45) is 0 Å². The minimum absolute atomic E-state index is 0.223. The van der Waals surface area contributed by atoms with Gasteiger partial charge in [0.1, 0.15) is 5.54 Å². The minimum atomic E-state index is -0.843. The smallest absolute Gasteiger partial charge is 0.325 e. The Balaban J connectivity index is 1.60. The first-order valence-corrected chi connectivity index (χ1v) is 8.53. The van der Waals surface area contributed by atoms with Gasteiger partial charge in [-0.15, -0.1) is 10.2 Å². The number of nitrogens with one attached hydrogen (secondary N) is 1. The number of imide groups is 1. The number of thioether (sulfide) groups is 1. The highest BCUT2D eigenvalue weighted by molar-refractivity contribution is 7.99. The molecule has 1 N–H and O–H groups in total. The van der Waals surface area contributed by atoms with Gasteiger partial charge < -0.3 is 9.73 Å². The van der Waals surface area contributed by atoms with Gasteiger partial charge in [-0.25, -0.2) is 4.79 Å². The summed E-state index contributed by atoms with van der Waals surface area (Å²) in [6.07, 6.45) is 0. The second-order valence-electron chi connectivity index (χ2n) is 6.05. The number of aryl methyl sites for hydroxylation is 1. The van der Waals surface area contributed by atoms with E-state index in [2.05, 4.69) is 15.5 Å². The molecule has 24 heavy (non-hydrogen) atoms. The molecule has 1 aliphatic rings. The van der Waals surface area contributed by atoms with Crippen LogP contribution in [0, 0.1) is 6.92 Å². The first kappa shape index (κ1) is 16.5. The van der Waals surface area contributed by atoms with Crippen molar-refractivity contribution in [3.63, 3.8) is 0 Å². The van der Waals surface area contributed by atoms with E-state index in [0.717, 1.165) is 11.1 Å². The Bertz CT molecular complexity index is 787. The molecule has 3 rings (SSSR count). The predicted octanol–water partition coefficient (Wildman–Crippen LogP) is 2.47. The lowest BCUT2D eigenvalue weighted by atomic mass is 10.1. The second kappa shape index (κ2) is 6.27. The first-order valence-electron chi connectivity index (χ1n) is 7.55. The van der Waals surface area contributed by atoms with Gasteiger partial charge in [-0.2, -0.15) is 0 Å². The molecule has 1 fully saturated rings. The van der Waals surface area contributed by atoms with Crippen LogP contribution in [-0.4, -0.2) is 44.9 Å². The summed E-state index contributed by atoms with van der Waals surface area (Å²) in [5, 5.41) is 11.1. The highest BCUT2D eigenvalue weighted by Crippen LogP contribution is 2.26. The van der Waals surface area contributed by atoms with Crippen LogP contribution < -0.4 is 5.32 Å². The molecule has 0 unspecified atom stereocenters. The molecule has 0 atom stereocenters. The Kier molecular flexibility index (Phi) is 4.31.